The molecule has 2 aliphatic heterocycles. The van der Waals surface area contributed by atoms with Crippen LogP contribution in [0.2, 0.25) is 0 Å². The van der Waals surface area contributed by atoms with Crippen molar-refractivity contribution in [2.45, 2.75) is 58.5 Å². The molecule has 140 valence electrons. The maximum absolute atomic E-state index is 12.9. The molecule has 2 aliphatic rings. The maximum atomic E-state index is 12.9. The molecule has 0 aliphatic carbocycles. The van der Waals surface area contributed by atoms with Gasteiger partial charge in [-0.25, -0.2) is 0 Å². The number of likely N-dealkylation sites (tertiary alicyclic amines) is 1. The Labute approximate surface area is 149 Å². The van der Waals surface area contributed by atoms with Gasteiger partial charge in [0.05, 0.1) is 6.54 Å². The summed E-state index contributed by atoms with van der Waals surface area (Å²) in [6, 6.07) is 0.637. The van der Waals surface area contributed by atoms with E-state index in [9.17, 15) is 4.79 Å². The number of hydrogen-bond donors (Lipinski definition) is 0. The molecule has 2 fully saturated rings. The van der Waals surface area contributed by atoms with Gasteiger partial charge < -0.3 is 19.0 Å². The van der Waals surface area contributed by atoms with Gasteiger partial charge in [-0.15, -0.1) is 10.2 Å². The molecular formula is C18H30N4O3. The molecule has 0 bridgehead atoms. The van der Waals surface area contributed by atoms with Gasteiger partial charge in [-0.1, -0.05) is 6.92 Å². The van der Waals surface area contributed by atoms with E-state index in [0.29, 0.717) is 30.9 Å². The van der Waals surface area contributed by atoms with Crippen LogP contribution < -0.4 is 0 Å². The predicted octanol–water partition coefficient (Wildman–Crippen LogP) is 1.87. The predicted molar refractivity (Wildman–Crippen MR) is 92.9 cm³/mol. The van der Waals surface area contributed by atoms with Crippen LogP contribution >= 0.6 is 0 Å². The van der Waals surface area contributed by atoms with Crippen LogP contribution in [0.25, 0.3) is 0 Å². The summed E-state index contributed by atoms with van der Waals surface area (Å²) in [5.41, 5.74) is 0. The topological polar surface area (TPSA) is 71.7 Å². The van der Waals surface area contributed by atoms with Crippen LogP contribution in [0.4, 0.5) is 0 Å². The van der Waals surface area contributed by atoms with Crippen LogP contribution in [0.1, 0.15) is 51.3 Å². The summed E-state index contributed by atoms with van der Waals surface area (Å²) in [5, 5.41) is 8.03. The Hall–Kier alpha value is -1.47. The van der Waals surface area contributed by atoms with Crippen molar-refractivity contribution in [3.8, 4) is 0 Å². The number of aryl methyl sites for hydroxylation is 1. The van der Waals surface area contributed by atoms with Crippen LogP contribution in [0.5, 0.6) is 0 Å². The zero-order valence-electron chi connectivity index (χ0n) is 15.4. The molecule has 0 spiro atoms. The van der Waals surface area contributed by atoms with Gasteiger partial charge in [-0.3, -0.25) is 4.79 Å². The lowest BCUT2D eigenvalue weighted by atomic mass is 9.93. The maximum Gasteiger partial charge on any atom is 0.235 e. The average Bonchev–Trinajstić information content (AvgIpc) is 3.14. The third kappa shape index (κ3) is 4.58. The van der Waals surface area contributed by atoms with Crippen molar-refractivity contribution >= 4 is 5.91 Å². The normalized spacial score (nSPS) is 20.7. The summed E-state index contributed by atoms with van der Waals surface area (Å²) in [6.45, 7) is 8.84. The fourth-order valence-corrected chi connectivity index (χ4v) is 3.82. The van der Waals surface area contributed by atoms with Crippen molar-refractivity contribution in [3.05, 3.63) is 11.8 Å². The van der Waals surface area contributed by atoms with Crippen molar-refractivity contribution in [2.75, 3.05) is 32.8 Å². The van der Waals surface area contributed by atoms with Crippen molar-refractivity contribution in [2.24, 2.45) is 5.92 Å². The standard InChI is InChI=1S/C18H30N4O3/c1-3-16-19-20-17(25-16)13-21(4-2)18(23)14-5-9-22(10-6-14)15-7-11-24-12-8-15/h14-15H,3-13H2,1-2H3. The van der Waals surface area contributed by atoms with E-state index in [1.165, 1.54) is 0 Å². The van der Waals surface area contributed by atoms with Crippen LogP contribution in [0, 0.1) is 5.92 Å². The molecule has 1 aromatic heterocycles. The molecule has 0 N–H and O–H groups in total. The number of aromatic nitrogens is 2. The molecule has 0 atom stereocenters. The molecule has 0 saturated carbocycles. The van der Waals surface area contributed by atoms with E-state index >= 15 is 0 Å². The second kappa shape index (κ2) is 8.76. The van der Waals surface area contributed by atoms with Gasteiger partial charge in [0, 0.05) is 38.1 Å². The minimum absolute atomic E-state index is 0.115. The third-order valence-electron chi connectivity index (χ3n) is 5.42. The Bertz CT molecular complexity index is 548. The Morgan fingerprint density at radius 2 is 1.80 bits per heavy atom. The molecule has 25 heavy (non-hydrogen) atoms. The van der Waals surface area contributed by atoms with Gasteiger partial charge in [-0.05, 0) is 45.7 Å². The van der Waals surface area contributed by atoms with E-state index < -0.39 is 0 Å². The fraction of sp³-hybridized carbons (Fsp3) is 0.833. The smallest absolute Gasteiger partial charge is 0.235 e. The molecule has 0 aromatic carbocycles. The minimum Gasteiger partial charge on any atom is -0.423 e. The fourth-order valence-electron chi connectivity index (χ4n) is 3.82. The molecule has 2 saturated heterocycles. The summed E-state index contributed by atoms with van der Waals surface area (Å²) < 4.78 is 11.0. The Balaban J connectivity index is 1.51. The number of amides is 1. The number of nitrogens with zero attached hydrogens (tertiary/aromatic N) is 4. The van der Waals surface area contributed by atoms with Crippen molar-refractivity contribution in [1.29, 1.82) is 0 Å². The number of hydrogen-bond acceptors (Lipinski definition) is 6. The zero-order chi connectivity index (χ0) is 17.6. The molecule has 7 heteroatoms. The summed E-state index contributed by atoms with van der Waals surface area (Å²) in [6.07, 6.45) is 4.85. The van der Waals surface area contributed by atoms with E-state index in [0.717, 1.165) is 58.4 Å². The molecule has 0 unspecified atom stereocenters. The summed E-state index contributed by atoms with van der Waals surface area (Å²) in [4.78, 5) is 17.3. The highest BCUT2D eigenvalue weighted by molar-refractivity contribution is 5.78. The van der Waals surface area contributed by atoms with E-state index in [1.807, 2.05) is 18.7 Å². The van der Waals surface area contributed by atoms with Crippen molar-refractivity contribution < 1.29 is 13.9 Å². The molecule has 7 nitrogen and oxygen atoms in total. The van der Waals surface area contributed by atoms with Gasteiger partial charge in [0.15, 0.2) is 0 Å². The number of piperidine rings is 1. The van der Waals surface area contributed by atoms with Crippen molar-refractivity contribution in [1.82, 2.24) is 20.0 Å². The summed E-state index contributed by atoms with van der Waals surface area (Å²) >= 11 is 0. The largest absolute Gasteiger partial charge is 0.423 e. The minimum atomic E-state index is 0.115. The molecule has 0 radical (unpaired) electrons. The third-order valence-corrected chi connectivity index (χ3v) is 5.42. The SMILES string of the molecule is CCc1nnc(CN(CC)C(=O)C2CCN(C3CCOCC3)CC2)o1. The van der Waals surface area contributed by atoms with Crippen molar-refractivity contribution in [3.63, 3.8) is 0 Å². The summed E-state index contributed by atoms with van der Waals surface area (Å²) in [7, 11) is 0. The summed E-state index contributed by atoms with van der Waals surface area (Å²) in [5.74, 6) is 1.50. The first-order valence-corrected chi connectivity index (χ1v) is 9.63. The van der Waals surface area contributed by atoms with Gasteiger partial charge >= 0.3 is 0 Å². The highest BCUT2D eigenvalue weighted by Crippen LogP contribution is 2.25. The second-order valence-corrected chi connectivity index (χ2v) is 6.95. The number of ether oxygens (including phenoxy) is 1. The lowest BCUT2D eigenvalue weighted by Crippen LogP contribution is -2.47. The second-order valence-electron chi connectivity index (χ2n) is 6.95. The van der Waals surface area contributed by atoms with E-state index in [-0.39, 0.29) is 11.8 Å². The number of carbonyl (C=O) groups is 1. The number of rotatable bonds is 6. The quantitative estimate of drug-likeness (QED) is 0.780. The Morgan fingerprint density at radius 1 is 1.12 bits per heavy atom. The van der Waals surface area contributed by atoms with E-state index in [4.69, 9.17) is 9.15 Å². The lowest BCUT2D eigenvalue weighted by Gasteiger charge is -2.39. The first kappa shape index (κ1) is 18.3. The molecular weight excluding hydrogens is 320 g/mol. The molecule has 3 rings (SSSR count). The first-order valence-electron chi connectivity index (χ1n) is 9.63. The number of carbonyl (C=O) groups excluding carboxylic acids is 1. The lowest BCUT2D eigenvalue weighted by molar-refractivity contribution is -0.138. The average molecular weight is 350 g/mol. The Kier molecular flexibility index (Phi) is 6.42. The van der Waals surface area contributed by atoms with Gasteiger partial charge in [0.1, 0.15) is 0 Å². The van der Waals surface area contributed by atoms with E-state index in [1.54, 1.807) is 0 Å². The Morgan fingerprint density at radius 3 is 2.40 bits per heavy atom. The molecule has 3 heterocycles. The van der Waals surface area contributed by atoms with Gasteiger partial charge in [-0.2, -0.15) is 0 Å². The monoisotopic (exact) mass is 350 g/mol. The van der Waals surface area contributed by atoms with Gasteiger partial charge in [0.25, 0.3) is 0 Å². The molecule has 1 aromatic rings. The van der Waals surface area contributed by atoms with Crippen LogP contribution in [-0.4, -0.2) is 64.8 Å². The zero-order valence-corrected chi connectivity index (χ0v) is 15.4. The highest BCUT2D eigenvalue weighted by Gasteiger charge is 2.31. The van der Waals surface area contributed by atoms with Crippen LogP contribution in [0.3, 0.4) is 0 Å². The van der Waals surface area contributed by atoms with Crippen LogP contribution in [0.15, 0.2) is 4.42 Å². The molecule has 1 amide bonds. The first-order chi connectivity index (χ1) is 12.2. The van der Waals surface area contributed by atoms with Crippen LogP contribution in [-0.2, 0) is 22.5 Å². The highest BCUT2D eigenvalue weighted by atomic mass is 16.5. The van der Waals surface area contributed by atoms with Gasteiger partial charge in [0.2, 0.25) is 17.7 Å². The van der Waals surface area contributed by atoms with E-state index in [2.05, 4.69) is 15.1 Å².